The molecule has 0 unspecified atom stereocenters. The maximum Gasteiger partial charge on any atom is 0.278 e. The maximum absolute atomic E-state index is 12.1. The summed E-state index contributed by atoms with van der Waals surface area (Å²) >= 11 is 1.44. The molecule has 0 saturated heterocycles. The van der Waals surface area contributed by atoms with E-state index in [2.05, 4.69) is 10.3 Å². The van der Waals surface area contributed by atoms with E-state index in [4.69, 9.17) is 9.47 Å². The van der Waals surface area contributed by atoms with Gasteiger partial charge in [-0.05, 0) is 43.5 Å². The first kappa shape index (κ1) is 15.0. The van der Waals surface area contributed by atoms with Crippen LogP contribution in [0.15, 0.2) is 29.8 Å². The van der Waals surface area contributed by atoms with Crippen LogP contribution in [0.5, 0.6) is 10.9 Å². The number of methoxy groups -OCH3 is 1. The molecular formula is C16H18N2O3S. The minimum Gasteiger partial charge on any atom is -0.431 e. The van der Waals surface area contributed by atoms with Gasteiger partial charge in [0.15, 0.2) is 0 Å². The van der Waals surface area contributed by atoms with Crippen molar-refractivity contribution in [1.29, 1.82) is 0 Å². The van der Waals surface area contributed by atoms with E-state index < -0.39 is 0 Å². The van der Waals surface area contributed by atoms with Crippen molar-refractivity contribution in [2.45, 2.75) is 25.9 Å². The normalized spacial score (nSPS) is 20.3. The number of hydrogen-bond acceptors (Lipinski definition) is 5. The number of carbonyl (C=O) groups is 1. The average molecular weight is 318 g/mol. The van der Waals surface area contributed by atoms with Gasteiger partial charge in [-0.3, -0.25) is 4.79 Å². The van der Waals surface area contributed by atoms with Crippen molar-refractivity contribution in [2.24, 2.45) is 5.92 Å². The molecule has 5 nitrogen and oxygen atoms in total. The summed E-state index contributed by atoms with van der Waals surface area (Å²) in [5.74, 6) is 0.855. The summed E-state index contributed by atoms with van der Waals surface area (Å²) in [5.41, 5.74) is 1.74. The van der Waals surface area contributed by atoms with Gasteiger partial charge in [0.25, 0.3) is 5.19 Å². The van der Waals surface area contributed by atoms with Crippen LogP contribution < -0.4 is 10.1 Å². The molecule has 2 aromatic rings. The first-order valence-electron chi connectivity index (χ1n) is 7.17. The molecular weight excluding hydrogens is 300 g/mol. The van der Waals surface area contributed by atoms with Gasteiger partial charge in [0.2, 0.25) is 5.91 Å². The zero-order chi connectivity index (χ0) is 15.5. The van der Waals surface area contributed by atoms with Crippen LogP contribution in [0, 0.1) is 12.8 Å². The van der Waals surface area contributed by atoms with Crippen LogP contribution in [0.3, 0.4) is 0 Å². The SMILES string of the molecule is COC1CC(C(=O)Nc2ccc(Oc3nccs3)c(C)c2)C1. The fourth-order valence-electron chi connectivity index (χ4n) is 2.41. The third-order valence-electron chi connectivity index (χ3n) is 3.85. The summed E-state index contributed by atoms with van der Waals surface area (Å²) in [6.45, 7) is 1.95. The zero-order valence-corrected chi connectivity index (χ0v) is 13.4. The lowest BCUT2D eigenvalue weighted by Gasteiger charge is -2.32. The molecule has 1 amide bonds. The lowest BCUT2D eigenvalue weighted by atomic mass is 9.81. The number of carbonyl (C=O) groups excluding carboxylic acids is 1. The Balaban J connectivity index is 1.61. The van der Waals surface area contributed by atoms with E-state index >= 15 is 0 Å². The van der Waals surface area contributed by atoms with E-state index in [1.54, 1.807) is 13.3 Å². The number of nitrogens with zero attached hydrogens (tertiary/aromatic N) is 1. The molecule has 22 heavy (non-hydrogen) atoms. The standard InChI is InChI=1S/C16H18N2O3S/c1-10-7-12(18-15(19)11-8-13(9-11)20-2)3-4-14(10)21-16-17-5-6-22-16/h3-7,11,13H,8-9H2,1-2H3,(H,18,19). The molecule has 0 aliphatic heterocycles. The van der Waals surface area contributed by atoms with Gasteiger partial charge in [-0.25, -0.2) is 4.98 Å². The number of aryl methyl sites for hydroxylation is 1. The number of thiazole rings is 1. The van der Waals surface area contributed by atoms with Gasteiger partial charge < -0.3 is 14.8 Å². The minimum absolute atomic E-state index is 0.0523. The number of ether oxygens (including phenoxy) is 2. The molecule has 1 fully saturated rings. The van der Waals surface area contributed by atoms with Gasteiger partial charge in [0, 0.05) is 30.3 Å². The van der Waals surface area contributed by atoms with Gasteiger partial charge in [-0.1, -0.05) is 11.3 Å². The number of nitrogens with one attached hydrogen (secondary N) is 1. The van der Waals surface area contributed by atoms with E-state index in [1.165, 1.54) is 11.3 Å². The Morgan fingerprint density at radius 2 is 2.23 bits per heavy atom. The summed E-state index contributed by atoms with van der Waals surface area (Å²) in [7, 11) is 1.68. The summed E-state index contributed by atoms with van der Waals surface area (Å²) in [6, 6.07) is 5.61. The Morgan fingerprint density at radius 3 is 2.86 bits per heavy atom. The number of hydrogen-bond donors (Lipinski definition) is 1. The van der Waals surface area contributed by atoms with E-state index in [9.17, 15) is 4.79 Å². The summed E-state index contributed by atoms with van der Waals surface area (Å²) in [5, 5.41) is 5.43. The molecule has 3 rings (SSSR count). The molecule has 0 spiro atoms. The molecule has 1 N–H and O–H groups in total. The molecule has 0 bridgehead atoms. The lowest BCUT2D eigenvalue weighted by Crippen LogP contribution is -2.38. The highest BCUT2D eigenvalue weighted by Gasteiger charge is 2.34. The van der Waals surface area contributed by atoms with Gasteiger partial charge in [-0.2, -0.15) is 0 Å². The van der Waals surface area contributed by atoms with Crippen molar-refractivity contribution in [3.05, 3.63) is 35.3 Å². The molecule has 0 atom stereocenters. The smallest absolute Gasteiger partial charge is 0.278 e. The Hall–Kier alpha value is -1.92. The molecule has 1 aromatic carbocycles. The van der Waals surface area contributed by atoms with E-state index in [1.807, 2.05) is 30.5 Å². The van der Waals surface area contributed by atoms with Crippen molar-refractivity contribution in [3.63, 3.8) is 0 Å². The predicted molar refractivity (Wildman–Crippen MR) is 85.5 cm³/mol. The van der Waals surface area contributed by atoms with Crippen molar-refractivity contribution in [2.75, 3.05) is 12.4 Å². The van der Waals surface area contributed by atoms with Crippen molar-refractivity contribution < 1.29 is 14.3 Å². The number of anilines is 1. The fourth-order valence-corrected chi connectivity index (χ4v) is 2.91. The third-order valence-corrected chi connectivity index (χ3v) is 4.50. The topological polar surface area (TPSA) is 60.5 Å². The summed E-state index contributed by atoms with van der Waals surface area (Å²) in [4.78, 5) is 16.2. The molecule has 1 saturated carbocycles. The number of benzene rings is 1. The van der Waals surface area contributed by atoms with Crippen molar-refractivity contribution in [1.82, 2.24) is 4.98 Å². The molecule has 1 aliphatic rings. The lowest BCUT2D eigenvalue weighted by molar-refractivity contribution is -0.127. The average Bonchev–Trinajstić information content (AvgIpc) is 2.93. The van der Waals surface area contributed by atoms with Gasteiger partial charge >= 0.3 is 0 Å². The Labute approximate surface area is 133 Å². The second kappa shape index (κ2) is 6.46. The van der Waals surface area contributed by atoms with Crippen LogP contribution in [0.2, 0.25) is 0 Å². The first-order chi connectivity index (χ1) is 10.7. The Bertz CT molecular complexity index is 651. The first-order valence-corrected chi connectivity index (χ1v) is 8.05. The van der Waals surface area contributed by atoms with Crippen molar-refractivity contribution in [3.8, 4) is 10.9 Å². The Morgan fingerprint density at radius 1 is 1.41 bits per heavy atom. The number of aromatic nitrogens is 1. The molecule has 116 valence electrons. The van der Waals surface area contributed by atoms with Gasteiger partial charge in [-0.15, -0.1) is 0 Å². The molecule has 1 aromatic heterocycles. The second-order valence-electron chi connectivity index (χ2n) is 5.40. The molecule has 1 heterocycles. The summed E-state index contributed by atoms with van der Waals surface area (Å²) < 4.78 is 10.9. The predicted octanol–water partition coefficient (Wildman–Crippen LogP) is 3.61. The highest BCUT2D eigenvalue weighted by Crippen LogP contribution is 2.32. The number of amides is 1. The van der Waals surface area contributed by atoms with E-state index in [0.29, 0.717) is 5.19 Å². The highest BCUT2D eigenvalue weighted by atomic mass is 32.1. The molecule has 6 heteroatoms. The largest absolute Gasteiger partial charge is 0.431 e. The van der Waals surface area contributed by atoms with Crippen molar-refractivity contribution >= 4 is 22.9 Å². The zero-order valence-electron chi connectivity index (χ0n) is 12.5. The van der Waals surface area contributed by atoms with E-state index in [-0.39, 0.29) is 17.9 Å². The fraction of sp³-hybridized carbons (Fsp3) is 0.375. The van der Waals surface area contributed by atoms with Gasteiger partial charge in [0.1, 0.15) is 5.75 Å². The van der Waals surface area contributed by atoms with E-state index in [0.717, 1.165) is 29.8 Å². The van der Waals surface area contributed by atoms with Crippen LogP contribution in [-0.2, 0) is 9.53 Å². The van der Waals surface area contributed by atoms with Gasteiger partial charge in [0.05, 0.1) is 6.10 Å². The molecule has 1 aliphatic carbocycles. The second-order valence-corrected chi connectivity index (χ2v) is 6.25. The van der Waals surface area contributed by atoms with Crippen LogP contribution in [0.4, 0.5) is 5.69 Å². The van der Waals surface area contributed by atoms with Crippen LogP contribution in [-0.4, -0.2) is 24.1 Å². The number of rotatable bonds is 5. The summed E-state index contributed by atoms with van der Waals surface area (Å²) in [6.07, 6.45) is 3.53. The minimum atomic E-state index is 0.0523. The quantitative estimate of drug-likeness (QED) is 0.915. The van der Waals surface area contributed by atoms with Crippen LogP contribution >= 0.6 is 11.3 Å². The van der Waals surface area contributed by atoms with Crippen LogP contribution in [0.1, 0.15) is 18.4 Å². The van der Waals surface area contributed by atoms with Crippen LogP contribution in [0.25, 0.3) is 0 Å². The third kappa shape index (κ3) is 3.28. The maximum atomic E-state index is 12.1. The highest BCUT2D eigenvalue weighted by molar-refractivity contribution is 7.11. The Kier molecular flexibility index (Phi) is 4.40. The molecule has 0 radical (unpaired) electrons. The monoisotopic (exact) mass is 318 g/mol.